The summed E-state index contributed by atoms with van der Waals surface area (Å²) in [6, 6.07) is 4.82. The number of halogens is 1. The highest BCUT2D eigenvalue weighted by Crippen LogP contribution is 2.25. The van der Waals surface area contributed by atoms with Gasteiger partial charge in [-0.3, -0.25) is 9.59 Å². The van der Waals surface area contributed by atoms with Gasteiger partial charge in [0.05, 0.1) is 22.3 Å². The Morgan fingerprint density at radius 1 is 1.24 bits per heavy atom. The molecule has 1 N–H and O–H groups in total. The van der Waals surface area contributed by atoms with Crippen molar-refractivity contribution in [3.8, 4) is 0 Å². The second kappa shape index (κ2) is 10.4. The minimum absolute atomic E-state index is 0.0962. The molecule has 1 atom stereocenters. The molecule has 0 aliphatic carbocycles. The van der Waals surface area contributed by atoms with Crippen LogP contribution in [0.5, 0.6) is 0 Å². The molecular formula is C20H30ClN3O4S. The number of hydrogen-bond donors (Lipinski definition) is 1. The van der Waals surface area contributed by atoms with E-state index in [1.54, 1.807) is 23.1 Å². The van der Waals surface area contributed by atoms with Gasteiger partial charge in [0.2, 0.25) is 15.9 Å². The molecule has 1 aliphatic heterocycles. The van der Waals surface area contributed by atoms with Gasteiger partial charge in [0, 0.05) is 31.9 Å². The first-order valence-electron chi connectivity index (χ1n) is 10.1. The molecular weight excluding hydrogens is 414 g/mol. The van der Waals surface area contributed by atoms with Crippen molar-refractivity contribution in [2.75, 3.05) is 37.2 Å². The quantitative estimate of drug-likeness (QED) is 0.668. The van der Waals surface area contributed by atoms with Crippen LogP contribution in [0.1, 0.15) is 50.4 Å². The van der Waals surface area contributed by atoms with Crippen molar-refractivity contribution in [3.63, 3.8) is 0 Å². The molecule has 0 bridgehead atoms. The normalized spacial score (nSPS) is 17.7. The monoisotopic (exact) mass is 443 g/mol. The fraction of sp³-hybridized carbons (Fsp3) is 0.600. The summed E-state index contributed by atoms with van der Waals surface area (Å²) in [4.78, 5) is 26.8. The summed E-state index contributed by atoms with van der Waals surface area (Å²) in [5, 5.41) is 3.08. The molecule has 1 fully saturated rings. The Kier molecular flexibility index (Phi) is 8.48. The molecule has 9 heteroatoms. The third-order valence-electron chi connectivity index (χ3n) is 5.13. The lowest BCUT2D eigenvalue weighted by atomic mass is 9.98. The van der Waals surface area contributed by atoms with Crippen LogP contribution in [0, 0.1) is 5.92 Å². The number of rotatable bonds is 8. The largest absolute Gasteiger partial charge is 0.339 e. The fourth-order valence-corrected chi connectivity index (χ4v) is 5.34. The van der Waals surface area contributed by atoms with Gasteiger partial charge in [0.15, 0.2) is 0 Å². The molecule has 1 heterocycles. The highest BCUT2D eigenvalue weighted by molar-refractivity contribution is 7.89. The third-order valence-corrected chi connectivity index (χ3v) is 7.48. The lowest BCUT2D eigenvalue weighted by Crippen LogP contribution is -2.44. The van der Waals surface area contributed by atoms with Crippen LogP contribution >= 0.6 is 11.6 Å². The average Bonchev–Trinajstić information content (AvgIpc) is 2.69. The van der Waals surface area contributed by atoms with E-state index in [1.807, 2.05) is 20.8 Å². The van der Waals surface area contributed by atoms with Crippen LogP contribution in [-0.4, -0.2) is 61.4 Å². The van der Waals surface area contributed by atoms with Crippen molar-refractivity contribution in [1.82, 2.24) is 9.21 Å². The smallest absolute Gasteiger partial charge is 0.255 e. The van der Waals surface area contributed by atoms with Gasteiger partial charge in [-0.15, -0.1) is 0 Å². The molecule has 0 aromatic heterocycles. The van der Waals surface area contributed by atoms with Gasteiger partial charge in [0.25, 0.3) is 5.91 Å². The van der Waals surface area contributed by atoms with E-state index in [-0.39, 0.29) is 29.1 Å². The first kappa shape index (κ1) is 23.6. The predicted molar refractivity (Wildman–Crippen MR) is 116 cm³/mol. The van der Waals surface area contributed by atoms with Crippen molar-refractivity contribution in [2.24, 2.45) is 5.92 Å². The van der Waals surface area contributed by atoms with E-state index < -0.39 is 15.9 Å². The minimum Gasteiger partial charge on any atom is -0.339 e. The van der Waals surface area contributed by atoms with E-state index >= 15 is 0 Å². The summed E-state index contributed by atoms with van der Waals surface area (Å²) in [6.45, 7) is 7.45. The Labute approximate surface area is 178 Å². The molecule has 1 saturated heterocycles. The molecule has 162 valence electrons. The van der Waals surface area contributed by atoms with Crippen molar-refractivity contribution in [1.29, 1.82) is 0 Å². The van der Waals surface area contributed by atoms with E-state index in [9.17, 15) is 18.0 Å². The first-order valence-corrected chi connectivity index (χ1v) is 12.1. The zero-order valence-electron chi connectivity index (χ0n) is 17.3. The SMILES string of the molecule is CCCS(=O)(=O)N1CCCC(C(=O)Nc2ccc(C(=O)N(CC)CC)c(Cl)c2)C1. The molecule has 1 aromatic carbocycles. The van der Waals surface area contributed by atoms with Gasteiger partial charge in [-0.1, -0.05) is 18.5 Å². The highest BCUT2D eigenvalue weighted by atomic mass is 35.5. The van der Waals surface area contributed by atoms with Gasteiger partial charge in [-0.25, -0.2) is 12.7 Å². The number of nitrogens with zero attached hydrogens (tertiary/aromatic N) is 2. The highest BCUT2D eigenvalue weighted by Gasteiger charge is 2.32. The molecule has 7 nitrogen and oxygen atoms in total. The van der Waals surface area contributed by atoms with Crippen molar-refractivity contribution >= 4 is 39.1 Å². The Morgan fingerprint density at radius 2 is 1.93 bits per heavy atom. The number of carbonyl (C=O) groups excluding carboxylic acids is 2. The molecule has 2 amide bonds. The van der Waals surface area contributed by atoms with Crippen LogP contribution in [0.3, 0.4) is 0 Å². The predicted octanol–water partition coefficient (Wildman–Crippen LogP) is 3.21. The number of piperidine rings is 1. The molecule has 1 unspecified atom stereocenters. The van der Waals surface area contributed by atoms with Crippen molar-refractivity contribution < 1.29 is 18.0 Å². The second-order valence-electron chi connectivity index (χ2n) is 7.17. The topological polar surface area (TPSA) is 86.8 Å². The maximum atomic E-state index is 12.7. The molecule has 1 aromatic rings. The van der Waals surface area contributed by atoms with Crippen molar-refractivity contribution in [3.05, 3.63) is 28.8 Å². The number of nitrogens with one attached hydrogen (secondary N) is 1. The summed E-state index contributed by atoms with van der Waals surface area (Å²) in [7, 11) is -3.32. The lowest BCUT2D eigenvalue weighted by Gasteiger charge is -2.31. The first-order chi connectivity index (χ1) is 13.7. The van der Waals surface area contributed by atoms with Gasteiger partial charge >= 0.3 is 0 Å². The minimum atomic E-state index is -3.32. The maximum Gasteiger partial charge on any atom is 0.255 e. The van der Waals surface area contributed by atoms with Crippen LogP contribution in [0.4, 0.5) is 5.69 Å². The molecule has 29 heavy (non-hydrogen) atoms. The van der Waals surface area contributed by atoms with E-state index in [2.05, 4.69) is 5.32 Å². The summed E-state index contributed by atoms with van der Waals surface area (Å²) in [5.41, 5.74) is 0.882. The second-order valence-corrected chi connectivity index (χ2v) is 9.67. The molecule has 1 aliphatic rings. The molecule has 2 rings (SSSR count). The Bertz CT molecular complexity index is 840. The number of sulfonamides is 1. The van der Waals surface area contributed by atoms with Crippen LogP contribution in [0.15, 0.2) is 18.2 Å². The Balaban J connectivity index is 2.07. The molecule has 0 spiro atoms. The van der Waals surface area contributed by atoms with Gasteiger partial charge in [0.1, 0.15) is 0 Å². The van der Waals surface area contributed by atoms with Crippen LogP contribution in [0.25, 0.3) is 0 Å². The Hall–Kier alpha value is -1.64. The number of anilines is 1. The number of hydrogen-bond acceptors (Lipinski definition) is 4. The lowest BCUT2D eigenvalue weighted by molar-refractivity contribution is -0.120. The van der Waals surface area contributed by atoms with Crippen LogP contribution in [-0.2, 0) is 14.8 Å². The fourth-order valence-electron chi connectivity index (χ4n) is 3.49. The van der Waals surface area contributed by atoms with Crippen LogP contribution in [0.2, 0.25) is 5.02 Å². The molecule has 0 radical (unpaired) electrons. The van der Waals surface area contributed by atoms with Gasteiger partial charge < -0.3 is 10.2 Å². The Morgan fingerprint density at radius 3 is 2.52 bits per heavy atom. The van der Waals surface area contributed by atoms with Crippen molar-refractivity contribution in [2.45, 2.75) is 40.0 Å². The summed E-state index contributed by atoms with van der Waals surface area (Å²) in [6.07, 6.45) is 1.84. The number of carbonyl (C=O) groups is 2. The average molecular weight is 444 g/mol. The summed E-state index contributed by atoms with van der Waals surface area (Å²) in [5.74, 6) is -0.702. The van der Waals surface area contributed by atoms with E-state index in [0.29, 0.717) is 50.1 Å². The zero-order chi connectivity index (χ0) is 21.6. The summed E-state index contributed by atoms with van der Waals surface area (Å²) >= 11 is 6.28. The van der Waals surface area contributed by atoms with Gasteiger partial charge in [-0.2, -0.15) is 0 Å². The third kappa shape index (κ3) is 5.93. The number of benzene rings is 1. The number of amides is 2. The van der Waals surface area contributed by atoms with Crippen LogP contribution < -0.4 is 5.32 Å². The molecule has 0 saturated carbocycles. The standard InChI is InChI=1S/C20H30ClN3O4S/c1-4-12-29(27,28)24-11-7-8-15(14-24)19(25)22-16-9-10-17(18(21)13-16)20(26)23(5-2)6-3/h9-10,13,15H,4-8,11-12,14H2,1-3H3,(H,22,25). The van der Waals surface area contributed by atoms with E-state index in [4.69, 9.17) is 11.6 Å². The van der Waals surface area contributed by atoms with Gasteiger partial charge in [-0.05, 0) is 51.3 Å². The van der Waals surface area contributed by atoms with E-state index in [1.165, 1.54) is 4.31 Å². The zero-order valence-corrected chi connectivity index (χ0v) is 18.9. The summed E-state index contributed by atoms with van der Waals surface area (Å²) < 4.78 is 26.0. The maximum absolute atomic E-state index is 12.7. The van der Waals surface area contributed by atoms with E-state index in [0.717, 1.165) is 0 Å².